The number of epoxide rings is 1. The zero-order valence-corrected chi connectivity index (χ0v) is 20.0. The first kappa shape index (κ1) is 25.0. The number of hydrogen-bond acceptors (Lipinski definition) is 3. The average molecular weight is 483 g/mol. The lowest BCUT2D eigenvalue weighted by Gasteiger charge is -2.22. The summed E-state index contributed by atoms with van der Waals surface area (Å²) in [6.07, 6.45) is 8.70. The second-order valence-corrected chi connectivity index (χ2v) is 8.83. The average Bonchev–Trinajstić information content (AvgIpc) is 3.71. The fraction of sp³-hybridized carbons (Fsp3) is 0.345. The molecule has 3 nitrogen and oxygen atoms in total. The molecule has 184 valence electrons. The second-order valence-electron chi connectivity index (χ2n) is 8.83. The van der Waals surface area contributed by atoms with E-state index >= 15 is 4.39 Å². The van der Waals surface area contributed by atoms with Crippen LogP contribution in [0.25, 0.3) is 16.7 Å². The third kappa shape index (κ3) is 5.76. The first-order chi connectivity index (χ1) is 16.9. The number of esters is 1. The highest BCUT2D eigenvalue weighted by Gasteiger charge is 2.30. The largest absolute Gasteiger partial charge is 0.459 e. The molecule has 35 heavy (non-hydrogen) atoms. The monoisotopic (exact) mass is 482 g/mol. The number of ether oxygens (including phenoxy) is 2. The summed E-state index contributed by atoms with van der Waals surface area (Å²) in [6, 6.07) is 9.57. The van der Waals surface area contributed by atoms with Crippen LogP contribution < -0.4 is 0 Å². The van der Waals surface area contributed by atoms with E-state index in [0.717, 1.165) is 32.1 Å². The van der Waals surface area contributed by atoms with Crippen LogP contribution in [0.15, 0.2) is 66.0 Å². The van der Waals surface area contributed by atoms with E-state index in [1.165, 1.54) is 24.3 Å². The van der Waals surface area contributed by atoms with E-state index in [-0.39, 0.29) is 34.5 Å². The molecule has 2 aliphatic rings. The normalized spacial score (nSPS) is 19.6. The molecule has 0 spiro atoms. The van der Waals surface area contributed by atoms with Crippen LogP contribution >= 0.6 is 0 Å². The Hall–Kier alpha value is -3.12. The summed E-state index contributed by atoms with van der Waals surface area (Å²) in [4.78, 5) is 12.6. The van der Waals surface area contributed by atoms with Crippen molar-refractivity contribution in [1.82, 2.24) is 0 Å². The molecule has 0 N–H and O–H groups in total. The van der Waals surface area contributed by atoms with E-state index in [2.05, 4.69) is 0 Å². The molecule has 2 fully saturated rings. The summed E-state index contributed by atoms with van der Waals surface area (Å²) in [5, 5.41) is 0. The molecular weight excluding hydrogens is 453 g/mol. The van der Waals surface area contributed by atoms with Gasteiger partial charge >= 0.3 is 5.97 Å². The Kier molecular flexibility index (Phi) is 7.91. The fourth-order valence-electron chi connectivity index (χ4n) is 4.41. The molecule has 1 aliphatic heterocycles. The van der Waals surface area contributed by atoms with E-state index in [0.29, 0.717) is 17.7 Å². The molecular formula is C29H29F3O3. The Balaban J connectivity index is 1.51. The Bertz CT molecular complexity index is 1170. The number of rotatable bonds is 7. The lowest BCUT2D eigenvalue weighted by Crippen LogP contribution is -2.21. The van der Waals surface area contributed by atoms with Gasteiger partial charge in [0, 0.05) is 16.7 Å². The lowest BCUT2D eigenvalue weighted by molar-refractivity contribution is -0.145. The third-order valence-corrected chi connectivity index (χ3v) is 6.50. The number of hydrogen-bond donors (Lipinski definition) is 0. The van der Waals surface area contributed by atoms with Gasteiger partial charge in [0.25, 0.3) is 0 Å². The number of carbonyl (C=O) groups is 1. The van der Waals surface area contributed by atoms with Gasteiger partial charge in [-0.05, 0) is 56.7 Å². The minimum absolute atomic E-state index is 0.118. The van der Waals surface area contributed by atoms with Crippen molar-refractivity contribution in [3.63, 3.8) is 0 Å². The summed E-state index contributed by atoms with van der Waals surface area (Å²) in [6.45, 7) is 3.75. The molecule has 0 aromatic heterocycles. The zero-order valence-electron chi connectivity index (χ0n) is 20.0. The van der Waals surface area contributed by atoms with Gasteiger partial charge in [-0.2, -0.15) is 0 Å². The van der Waals surface area contributed by atoms with Crippen LogP contribution in [0.2, 0.25) is 0 Å². The predicted molar refractivity (Wildman–Crippen MR) is 130 cm³/mol. The molecule has 1 unspecified atom stereocenters. The molecule has 1 aliphatic carbocycles. The molecule has 1 heterocycles. The van der Waals surface area contributed by atoms with Crippen LogP contribution in [-0.2, 0) is 14.3 Å². The van der Waals surface area contributed by atoms with Crippen LogP contribution in [0.1, 0.15) is 63.2 Å². The second kappa shape index (κ2) is 11.1. The molecule has 0 bridgehead atoms. The summed E-state index contributed by atoms with van der Waals surface area (Å²) < 4.78 is 54.9. The SMILES string of the molecule is C\C=C(/C(F)=C\C(=C/C)C(=O)OC1CCCCC1)c1ccc(-c2ccc(C3CO3)c(F)c2F)cc1. The molecule has 0 radical (unpaired) electrons. The van der Waals surface area contributed by atoms with Gasteiger partial charge in [0.2, 0.25) is 0 Å². The van der Waals surface area contributed by atoms with Crippen molar-refractivity contribution < 1.29 is 27.4 Å². The lowest BCUT2D eigenvalue weighted by atomic mass is 9.97. The van der Waals surface area contributed by atoms with Crippen LogP contribution in [0.5, 0.6) is 0 Å². The minimum atomic E-state index is -0.933. The minimum Gasteiger partial charge on any atom is -0.459 e. The Morgan fingerprint density at radius 3 is 2.26 bits per heavy atom. The smallest absolute Gasteiger partial charge is 0.338 e. The quantitative estimate of drug-likeness (QED) is 0.175. The first-order valence-corrected chi connectivity index (χ1v) is 12.0. The van der Waals surface area contributed by atoms with E-state index in [4.69, 9.17) is 9.47 Å². The topological polar surface area (TPSA) is 38.8 Å². The highest BCUT2D eigenvalue weighted by molar-refractivity contribution is 5.93. The van der Waals surface area contributed by atoms with E-state index in [1.807, 2.05) is 0 Å². The molecule has 6 heteroatoms. The van der Waals surface area contributed by atoms with Gasteiger partial charge in [0.15, 0.2) is 11.6 Å². The predicted octanol–water partition coefficient (Wildman–Crippen LogP) is 7.78. The van der Waals surface area contributed by atoms with E-state index < -0.39 is 23.4 Å². The van der Waals surface area contributed by atoms with Crippen LogP contribution in [0.4, 0.5) is 13.2 Å². The highest BCUT2D eigenvalue weighted by Crippen LogP contribution is 2.36. The molecule has 4 rings (SSSR count). The van der Waals surface area contributed by atoms with Gasteiger partial charge < -0.3 is 9.47 Å². The number of benzene rings is 2. The Morgan fingerprint density at radius 2 is 1.66 bits per heavy atom. The van der Waals surface area contributed by atoms with Crippen LogP contribution in [0.3, 0.4) is 0 Å². The summed E-state index contributed by atoms with van der Waals surface area (Å²) >= 11 is 0. The Morgan fingerprint density at radius 1 is 0.971 bits per heavy atom. The van der Waals surface area contributed by atoms with E-state index in [1.54, 1.807) is 44.2 Å². The van der Waals surface area contributed by atoms with Crippen LogP contribution in [-0.4, -0.2) is 18.7 Å². The third-order valence-electron chi connectivity index (χ3n) is 6.50. The standard InChI is InChI=1S/C29H29F3O3/c1-3-18(29(33)35-21-8-6-5-7-9-21)16-25(30)22(4-2)19-10-12-20(13-11-19)23-14-15-24(26-17-34-26)28(32)27(23)31/h3-4,10-16,21,26H,5-9,17H2,1-2H3/b18-3+,22-4-,25-16+. The molecule has 2 aromatic carbocycles. The van der Waals surface area contributed by atoms with Crippen molar-refractivity contribution >= 4 is 11.5 Å². The number of carbonyl (C=O) groups excluding carboxylic acids is 1. The maximum atomic E-state index is 15.2. The molecule has 1 saturated carbocycles. The van der Waals surface area contributed by atoms with Crippen molar-refractivity contribution in [2.75, 3.05) is 6.61 Å². The van der Waals surface area contributed by atoms with Crippen LogP contribution in [0, 0.1) is 11.6 Å². The number of allylic oxidation sites excluding steroid dienone is 4. The summed E-state index contributed by atoms with van der Waals surface area (Å²) in [5.74, 6) is -2.95. The van der Waals surface area contributed by atoms with Crippen molar-refractivity contribution in [3.05, 3.63) is 88.8 Å². The summed E-state index contributed by atoms with van der Waals surface area (Å²) in [5.41, 5.74) is 1.80. The summed E-state index contributed by atoms with van der Waals surface area (Å²) in [7, 11) is 0. The van der Waals surface area contributed by atoms with Gasteiger partial charge in [-0.3, -0.25) is 0 Å². The van der Waals surface area contributed by atoms with Gasteiger partial charge in [0.05, 0.1) is 12.2 Å². The zero-order chi connectivity index (χ0) is 24.9. The fourth-order valence-corrected chi connectivity index (χ4v) is 4.41. The maximum Gasteiger partial charge on any atom is 0.338 e. The van der Waals surface area contributed by atoms with Crippen molar-refractivity contribution in [1.29, 1.82) is 0 Å². The van der Waals surface area contributed by atoms with E-state index in [9.17, 15) is 13.6 Å². The molecule has 2 aromatic rings. The van der Waals surface area contributed by atoms with Gasteiger partial charge in [0.1, 0.15) is 18.0 Å². The molecule has 1 saturated heterocycles. The van der Waals surface area contributed by atoms with Crippen molar-refractivity contribution in [2.45, 2.75) is 58.2 Å². The maximum absolute atomic E-state index is 15.2. The van der Waals surface area contributed by atoms with Crippen molar-refractivity contribution in [2.24, 2.45) is 0 Å². The van der Waals surface area contributed by atoms with Gasteiger partial charge in [-0.1, -0.05) is 55.0 Å². The molecule has 0 amide bonds. The number of halogens is 3. The first-order valence-electron chi connectivity index (χ1n) is 12.0. The molecule has 1 atom stereocenters. The van der Waals surface area contributed by atoms with Gasteiger partial charge in [-0.25, -0.2) is 18.0 Å². The van der Waals surface area contributed by atoms with Crippen molar-refractivity contribution in [3.8, 4) is 11.1 Å². The van der Waals surface area contributed by atoms with Gasteiger partial charge in [-0.15, -0.1) is 0 Å². The Labute approximate surface area is 203 Å². The highest BCUT2D eigenvalue weighted by atomic mass is 19.2.